The van der Waals surface area contributed by atoms with E-state index in [1.54, 1.807) is 30.3 Å². The summed E-state index contributed by atoms with van der Waals surface area (Å²) in [6.45, 7) is 0. The Morgan fingerprint density at radius 1 is 1.16 bits per heavy atom. The normalized spacial score (nSPS) is 9.42. The van der Waals surface area contributed by atoms with Gasteiger partial charge in [0.05, 0.1) is 28.0 Å². The first-order chi connectivity index (χ1) is 9.13. The average molecular weight is 270 g/mol. The summed E-state index contributed by atoms with van der Waals surface area (Å²) in [6.07, 6.45) is 0. The number of nitrogens with one attached hydrogen (secondary N) is 1. The van der Waals surface area contributed by atoms with E-state index in [2.05, 4.69) is 10.3 Å². The molecule has 0 aliphatic heterocycles. The number of nitrogens with zero attached hydrogens (tertiary/aromatic N) is 3. The summed E-state index contributed by atoms with van der Waals surface area (Å²) in [4.78, 5) is 4.05. The van der Waals surface area contributed by atoms with Gasteiger partial charge in [-0.25, -0.2) is 4.98 Å². The first-order valence-corrected chi connectivity index (χ1v) is 5.65. The number of rotatable bonds is 2. The van der Waals surface area contributed by atoms with E-state index in [0.29, 0.717) is 27.8 Å². The Labute approximate surface area is 114 Å². The van der Waals surface area contributed by atoms with Gasteiger partial charge in [-0.05, 0) is 30.3 Å². The quantitative estimate of drug-likeness (QED) is 0.873. The Balaban J connectivity index is 2.32. The second kappa shape index (κ2) is 5.26. The molecule has 2 aromatic rings. The van der Waals surface area contributed by atoms with E-state index in [1.807, 2.05) is 12.1 Å². The Bertz CT molecular complexity index is 712. The molecule has 0 aliphatic rings. The van der Waals surface area contributed by atoms with Crippen molar-refractivity contribution in [2.45, 2.75) is 0 Å². The molecule has 0 saturated heterocycles. The van der Waals surface area contributed by atoms with Crippen LogP contribution in [-0.4, -0.2) is 4.98 Å². The first kappa shape index (κ1) is 12.7. The molecule has 0 atom stereocenters. The van der Waals surface area contributed by atoms with E-state index in [0.717, 1.165) is 0 Å². The molecule has 0 fully saturated rings. The smallest absolute Gasteiger partial charge is 0.165 e. The van der Waals surface area contributed by atoms with Crippen LogP contribution in [0.3, 0.4) is 0 Å². The van der Waals surface area contributed by atoms with Crippen molar-refractivity contribution in [3.63, 3.8) is 0 Å². The lowest BCUT2D eigenvalue weighted by Gasteiger charge is -2.08. The number of nitrogens with two attached hydrogens (primary N) is 1. The number of hydrogen-bond acceptors (Lipinski definition) is 5. The minimum absolute atomic E-state index is 0.148. The van der Waals surface area contributed by atoms with Crippen LogP contribution in [0.25, 0.3) is 0 Å². The van der Waals surface area contributed by atoms with Gasteiger partial charge >= 0.3 is 0 Å². The van der Waals surface area contributed by atoms with Crippen molar-refractivity contribution in [2.24, 2.45) is 0 Å². The van der Waals surface area contributed by atoms with Crippen LogP contribution in [-0.2, 0) is 0 Å². The molecule has 0 bridgehead atoms. The van der Waals surface area contributed by atoms with Crippen LogP contribution >= 0.6 is 11.6 Å². The summed E-state index contributed by atoms with van der Waals surface area (Å²) in [7, 11) is 0. The van der Waals surface area contributed by atoms with Crippen LogP contribution in [0.15, 0.2) is 30.3 Å². The van der Waals surface area contributed by atoms with Crippen molar-refractivity contribution >= 4 is 28.8 Å². The van der Waals surface area contributed by atoms with E-state index >= 15 is 0 Å². The number of pyridine rings is 1. The summed E-state index contributed by atoms with van der Waals surface area (Å²) in [5.41, 5.74) is 7.12. The van der Waals surface area contributed by atoms with Gasteiger partial charge in [-0.3, -0.25) is 0 Å². The molecule has 1 aromatic carbocycles. The van der Waals surface area contributed by atoms with Crippen LogP contribution < -0.4 is 11.1 Å². The maximum absolute atomic E-state index is 8.85. The second-order valence-corrected chi connectivity index (χ2v) is 4.08. The summed E-state index contributed by atoms with van der Waals surface area (Å²) >= 11 is 6.03. The zero-order chi connectivity index (χ0) is 13.8. The molecular weight excluding hydrogens is 262 g/mol. The van der Waals surface area contributed by atoms with Crippen molar-refractivity contribution in [3.05, 3.63) is 46.6 Å². The van der Waals surface area contributed by atoms with Crippen molar-refractivity contribution in [1.29, 1.82) is 10.5 Å². The molecule has 1 aromatic heterocycles. The van der Waals surface area contributed by atoms with Gasteiger partial charge in [-0.15, -0.1) is 0 Å². The highest BCUT2D eigenvalue weighted by atomic mass is 35.5. The molecule has 0 amide bonds. The van der Waals surface area contributed by atoms with E-state index in [1.165, 1.54) is 0 Å². The lowest BCUT2D eigenvalue weighted by Crippen LogP contribution is -1.99. The Hall–Kier alpha value is -2.76. The molecule has 3 N–H and O–H groups in total. The molecule has 6 heteroatoms. The zero-order valence-electron chi connectivity index (χ0n) is 9.68. The number of halogens is 1. The molecule has 0 aliphatic carbocycles. The van der Waals surface area contributed by atoms with Crippen LogP contribution in [0, 0.1) is 22.7 Å². The monoisotopic (exact) mass is 269 g/mol. The third-order valence-electron chi connectivity index (χ3n) is 2.39. The van der Waals surface area contributed by atoms with Crippen LogP contribution in [0.1, 0.15) is 11.3 Å². The molecule has 0 unspecified atom stereocenters. The molecule has 2 rings (SSSR count). The van der Waals surface area contributed by atoms with Crippen molar-refractivity contribution in [3.8, 4) is 12.1 Å². The third-order valence-corrected chi connectivity index (χ3v) is 2.71. The Morgan fingerprint density at radius 2 is 1.95 bits per heavy atom. The lowest BCUT2D eigenvalue weighted by atomic mass is 10.2. The number of anilines is 3. The van der Waals surface area contributed by atoms with Crippen LogP contribution in [0.4, 0.5) is 17.2 Å². The first-order valence-electron chi connectivity index (χ1n) is 5.27. The molecule has 1 heterocycles. The topological polar surface area (TPSA) is 98.5 Å². The van der Waals surface area contributed by atoms with E-state index in [9.17, 15) is 0 Å². The lowest BCUT2D eigenvalue weighted by molar-refractivity contribution is 1.26. The van der Waals surface area contributed by atoms with Crippen LogP contribution in [0.2, 0.25) is 5.02 Å². The fourth-order valence-electron chi connectivity index (χ4n) is 1.45. The molecule has 0 spiro atoms. The highest BCUT2D eigenvalue weighted by Crippen LogP contribution is 2.26. The standard InChI is InChI=1S/C13H8ClN5/c14-9-5-8(6-15)1-3-11(9)18-13-4-2-10(17)12(7-16)19-13/h1-5H,17H2,(H,18,19). The number of nitriles is 2. The molecule has 0 saturated carbocycles. The summed E-state index contributed by atoms with van der Waals surface area (Å²) in [6, 6.07) is 12.0. The fraction of sp³-hybridized carbons (Fsp3) is 0. The SMILES string of the molecule is N#Cc1ccc(Nc2ccc(N)c(C#N)n2)c(Cl)c1. The van der Waals surface area contributed by atoms with Gasteiger partial charge in [0.25, 0.3) is 0 Å². The predicted octanol–water partition coefficient (Wildman–Crippen LogP) is 2.80. The Morgan fingerprint density at radius 3 is 2.58 bits per heavy atom. The molecule has 0 radical (unpaired) electrons. The minimum atomic E-state index is 0.148. The van der Waals surface area contributed by atoms with Gasteiger partial charge in [0.15, 0.2) is 5.69 Å². The van der Waals surface area contributed by atoms with Gasteiger partial charge in [0.1, 0.15) is 11.9 Å². The second-order valence-electron chi connectivity index (χ2n) is 3.68. The fourth-order valence-corrected chi connectivity index (χ4v) is 1.68. The van der Waals surface area contributed by atoms with Gasteiger partial charge in [0, 0.05) is 0 Å². The Kier molecular flexibility index (Phi) is 3.51. The maximum atomic E-state index is 8.85. The van der Waals surface area contributed by atoms with Crippen molar-refractivity contribution in [2.75, 3.05) is 11.1 Å². The van der Waals surface area contributed by atoms with Gasteiger partial charge in [-0.2, -0.15) is 10.5 Å². The number of aromatic nitrogens is 1. The number of benzene rings is 1. The molecular formula is C13H8ClN5. The van der Waals surface area contributed by atoms with Crippen molar-refractivity contribution < 1.29 is 0 Å². The summed E-state index contributed by atoms with van der Waals surface area (Å²) in [5, 5.41) is 21.0. The highest BCUT2D eigenvalue weighted by molar-refractivity contribution is 6.33. The predicted molar refractivity (Wildman–Crippen MR) is 72.8 cm³/mol. The number of nitrogen functional groups attached to an aromatic ring is 1. The van der Waals surface area contributed by atoms with E-state index in [-0.39, 0.29) is 5.69 Å². The largest absolute Gasteiger partial charge is 0.396 e. The third kappa shape index (κ3) is 2.74. The maximum Gasteiger partial charge on any atom is 0.165 e. The van der Waals surface area contributed by atoms with Crippen LogP contribution in [0.5, 0.6) is 0 Å². The van der Waals surface area contributed by atoms with Gasteiger partial charge < -0.3 is 11.1 Å². The zero-order valence-corrected chi connectivity index (χ0v) is 10.4. The van der Waals surface area contributed by atoms with Crippen molar-refractivity contribution in [1.82, 2.24) is 4.98 Å². The van der Waals surface area contributed by atoms with Gasteiger partial charge in [0.2, 0.25) is 0 Å². The molecule has 5 nitrogen and oxygen atoms in total. The minimum Gasteiger partial charge on any atom is -0.396 e. The highest BCUT2D eigenvalue weighted by Gasteiger charge is 2.05. The summed E-state index contributed by atoms with van der Waals surface area (Å²) in [5.74, 6) is 0.456. The molecule has 19 heavy (non-hydrogen) atoms. The summed E-state index contributed by atoms with van der Waals surface area (Å²) < 4.78 is 0. The van der Waals surface area contributed by atoms with E-state index < -0.39 is 0 Å². The van der Waals surface area contributed by atoms with E-state index in [4.69, 9.17) is 27.9 Å². The molecule has 92 valence electrons. The van der Waals surface area contributed by atoms with Gasteiger partial charge in [-0.1, -0.05) is 11.6 Å². The number of hydrogen-bond donors (Lipinski definition) is 2. The average Bonchev–Trinajstić information content (AvgIpc) is 2.43.